The number of piperidine rings is 1. The summed E-state index contributed by atoms with van der Waals surface area (Å²) in [5, 5.41) is 10.5. The number of aliphatic hydroxyl groups is 1. The van der Waals surface area contributed by atoms with Crippen LogP contribution in [0.15, 0.2) is 30.3 Å². The molecular weight excluding hydrogens is 310 g/mol. The SMILES string of the molecule is O=C1C2C(CC3CN2C(=O)N3OCc2ccccc2)CN1CCO. The van der Waals surface area contributed by atoms with E-state index in [4.69, 9.17) is 9.94 Å². The molecule has 0 aromatic heterocycles. The molecule has 3 aliphatic rings. The van der Waals surface area contributed by atoms with E-state index >= 15 is 0 Å². The van der Waals surface area contributed by atoms with Crippen molar-refractivity contribution >= 4 is 11.9 Å². The van der Waals surface area contributed by atoms with Crippen molar-refractivity contribution in [2.75, 3.05) is 26.2 Å². The zero-order chi connectivity index (χ0) is 16.7. The molecular formula is C17H21N3O4. The number of likely N-dealkylation sites (tertiary alicyclic amines) is 1. The van der Waals surface area contributed by atoms with Gasteiger partial charge in [-0.15, -0.1) is 0 Å². The highest BCUT2D eigenvalue weighted by Crippen LogP contribution is 2.38. The fourth-order valence-corrected chi connectivity index (χ4v) is 4.07. The molecule has 3 unspecified atom stereocenters. The first-order valence-electron chi connectivity index (χ1n) is 8.35. The summed E-state index contributed by atoms with van der Waals surface area (Å²) in [6.45, 7) is 1.78. The van der Waals surface area contributed by atoms with E-state index in [1.54, 1.807) is 9.80 Å². The highest BCUT2D eigenvalue weighted by molar-refractivity contribution is 5.90. The van der Waals surface area contributed by atoms with Crippen LogP contribution in [-0.2, 0) is 16.2 Å². The fraction of sp³-hybridized carbons (Fsp3) is 0.529. The molecule has 0 spiro atoms. The second-order valence-electron chi connectivity index (χ2n) is 6.62. The molecule has 3 atom stereocenters. The molecule has 3 heterocycles. The summed E-state index contributed by atoms with van der Waals surface area (Å²) in [4.78, 5) is 34.3. The van der Waals surface area contributed by atoms with Crippen LogP contribution in [0.5, 0.6) is 0 Å². The Morgan fingerprint density at radius 1 is 1.17 bits per heavy atom. The summed E-state index contributed by atoms with van der Waals surface area (Å²) < 4.78 is 0. The van der Waals surface area contributed by atoms with Crippen LogP contribution in [0, 0.1) is 5.92 Å². The van der Waals surface area contributed by atoms with Gasteiger partial charge in [-0.25, -0.2) is 4.79 Å². The summed E-state index contributed by atoms with van der Waals surface area (Å²) in [5.74, 6) is 0.0721. The zero-order valence-electron chi connectivity index (χ0n) is 13.4. The quantitative estimate of drug-likeness (QED) is 0.850. The maximum atomic E-state index is 12.7. The molecule has 7 heteroatoms. The van der Waals surface area contributed by atoms with E-state index in [9.17, 15) is 9.59 Å². The molecule has 0 aliphatic carbocycles. The van der Waals surface area contributed by atoms with Gasteiger partial charge >= 0.3 is 6.03 Å². The second-order valence-corrected chi connectivity index (χ2v) is 6.62. The third-order valence-electron chi connectivity index (χ3n) is 5.13. The van der Waals surface area contributed by atoms with Gasteiger partial charge in [0.25, 0.3) is 0 Å². The minimum atomic E-state index is -0.398. The van der Waals surface area contributed by atoms with Crippen molar-refractivity contribution < 1.29 is 19.5 Å². The first kappa shape index (κ1) is 15.4. The number of hydrogen-bond donors (Lipinski definition) is 1. The smallest absolute Gasteiger partial charge is 0.345 e. The number of rotatable bonds is 5. The first-order valence-corrected chi connectivity index (χ1v) is 8.35. The topological polar surface area (TPSA) is 73.3 Å². The number of benzene rings is 1. The van der Waals surface area contributed by atoms with Crippen LogP contribution in [0.3, 0.4) is 0 Å². The lowest BCUT2D eigenvalue weighted by Gasteiger charge is -2.30. The Morgan fingerprint density at radius 3 is 2.71 bits per heavy atom. The molecule has 7 nitrogen and oxygen atoms in total. The standard InChI is InChI=1S/C17H21N3O4/c21-7-6-18-9-13-8-14-10-19(15(13)16(18)22)17(23)20(14)24-11-12-4-2-1-3-5-12/h1-5,13-15,21H,6-11H2. The predicted molar refractivity (Wildman–Crippen MR) is 84.5 cm³/mol. The van der Waals surface area contributed by atoms with E-state index < -0.39 is 6.04 Å². The maximum Gasteiger partial charge on any atom is 0.345 e. The van der Waals surface area contributed by atoms with Gasteiger partial charge in [0, 0.05) is 25.6 Å². The Labute approximate surface area is 140 Å². The van der Waals surface area contributed by atoms with Crippen molar-refractivity contribution in [3.8, 4) is 0 Å². The van der Waals surface area contributed by atoms with Gasteiger partial charge in [0.05, 0.1) is 12.6 Å². The summed E-state index contributed by atoms with van der Waals surface area (Å²) in [6, 6.07) is 9.10. The molecule has 1 N–H and O–H groups in total. The van der Waals surface area contributed by atoms with Crippen LogP contribution in [0.1, 0.15) is 12.0 Å². The number of carbonyl (C=O) groups excluding carboxylic acids is 2. The van der Waals surface area contributed by atoms with Crippen LogP contribution in [0.4, 0.5) is 4.79 Å². The predicted octanol–water partition coefficient (Wildman–Crippen LogP) is 0.447. The van der Waals surface area contributed by atoms with Crippen LogP contribution in [-0.4, -0.2) is 70.2 Å². The lowest BCUT2D eigenvalue weighted by atomic mass is 9.90. The van der Waals surface area contributed by atoms with Gasteiger partial charge in [-0.2, -0.15) is 5.06 Å². The van der Waals surface area contributed by atoms with Crippen molar-refractivity contribution in [3.05, 3.63) is 35.9 Å². The first-order chi connectivity index (χ1) is 11.7. The van der Waals surface area contributed by atoms with Crippen LogP contribution in [0.25, 0.3) is 0 Å². The number of amides is 3. The fourth-order valence-electron chi connectivity index (χ4n) is 4.07. The highest BCUT2D eigenvalue weighted by atomic mass is 16.7. The number of urea groups is 1. The Bertz CT molecular complexity index is 638. The van der Waals surface area contributed by atoms with Crippen LogP contribution < -0.4 is 0 Å². The van der Waals surface area contributed by atoms with Gasteiger partial charge in [0.2, 0.25) is 5.91 Å². The van der Waals surface area contributed by atoms with E-state index in [1.807, 2.05) is 30.3 Å². The monoisotopic (exact) mass is 331 g/mol. The van der Waals surface area contributed by atoms with Crippen molar-refractivity contribution in [2.45, 2.75) is 25.1 Å². The van der Waals surface area contributed by atoms with Gasteiger partial charge in [0.1, 0.15) is 12.6 Å². The second kappa shape index (κ2) is 6.07. The number of aliphatic hydroxyl groups excluding tert-OH is 1. The summed E-state index contributed by atoms with van der Waals surface area (Å²) in [7, 11) is 0. The minimum Gasteiger partial charge on any atom is -0.395 e. The maximum absolute atomic E-state index is 12.7. The average Bonchev–Trinajstić information content (AvgIpc) is 3.03. The van der Waals surface area contributed by atoms with Crippen molar-refractivity contribution in [1.29, 1.82) is 0 Å². The van der Waals surface area contributed by atoms with E-state index in [2.05, 4.69) is 0 Å². The number of nitrogens with zero attached hydrogens (tertiary/aromatic N) is 3. The Morgan fingerprint density at radius 2 is 1.96 bits per heavy atom. The van der Waals surface area contributed by atoms with Gasteiger partial charge in [0.15, 0.2) is 0 Å². The highest BCUT2D eigenvalue weighted by Gasteiger charge is 2.56. The Balaban J connectivity index is 1.45. The number of hydroxylamine groups is 2. The minimum absolute atomic E-state index is 0.00987. The van der Waals surface area contributed by atoms with Crippen molar-refractivity contribution in [2.24, 2.45) is 5.92 Å². The third kappa shape index (κ3) is 2.44. The van der Waals surface area contributed by atoms with E-state index in [0.29, 0.717) is 26.2 Å². The molecule has 3 aliphatic heterocycles. The van der Waals surface area contributed by atoms with Gasteiger partial charge in [-0.3, -0.25) is 9.63 Å². The Kier molecular flexibility index (Phi) is 3.90. The van der Waals surface area contributed by atoms with Crippen LogP contribution in [0.2, 0.25) is 0 Å². The van der Waals surface area contributed by atoms with E-state index in [0.717, 1.165) is 12.0 Å². The number of carbonyl (C=O) groups is 2. The molecule has 0 radical (unpaired) electrons. The van der Waals surface area contributed by atoms with Gasteiger partial charge in [-0.1, -0.05) is 30.3 Å². The summed E-state index contributed by atoms with van der Waals surface area (Å²) >= 11 is 0. The number of β-amino-alcohol motifs (C(OH)–C–C–N with tert-alkyl or cyclic N) is 1. The lowest BCUT2D eigenvalue weighted by molar-refractivity contribution is -0.142. The lowest BCUT2D eigenvalue weighted by Crippen LogP contribution is -2.48. The Hall–Kier alpha value is -2.12. The molecule has 0 saturated carbocycles. The summed E-state index contributed by atoms with van der Waals surface area (Å²) in [6.07, 6.45) is 0.759. The van der Waals surface area contributed by atoms with Gasteiger partial charge < -0.3 is 14.9 Å². The van der Waals surface area contributed by atoms with Crippen molar-refractivity contribution in [3.63, 3.8) is 0 Å². The van der Waals surface area contributed by atoms with Gasteiger partial charge in [-0.05, 0) is 12.0 Å². The molecule has 24 heavy (non-hydrogen) atoms. The normalized spacial score (nSPS) is 28.7. The molecule has 1 aromatic carbocycles. The van der Waals surface area contributed by atoms with Crippen LogP contribution >= 0.6 is 0 Å². The largest absolute Gasteiger partial charge is 0.395 e. The molecule has 3 amide bonds. The van der Waals surface area contributed by atoms with E-state index in [-0.39, 0.29) is 30.5 Å². The summed E-state index contributed by atoms with van der Waals surface area (Å²) in [5.41, 5.74) is 1.01. The number of fused-ring (bicyclic) bond motifs is 4. The molecule has 3 fully saturated rings. The third-order valence-corrected chi connectivity index (χ3v) is 5.13. The molecule has 3 saturated heterocycles. The molecule has 2 bridgehead atoms. The number of hydrogen-bond acceptors (Lipinski definition) is 4. The molecule has 128 valence electrons. The average molecular weight is 331 g/mol. The van der Waals surface area contributed by atoms with Crippen molar-refractivity contribution in [1.82, 2.24) is 14.9 Å². The zero-order valence-corrected chi connectivity index (χ0v) is 13.4. The molecule has 4 rings (SSSR count). The molecule has 1 aromatic rings. The van der Waals surface area contributed by atoms with E-state index in [1.165, 1.54) is 5.06 Å².